The zero-order chi connectivity index (χ0) is 21.3. The Morgan fingerprint density at radius 2 is 2.00 bits per heavy atom. The summed E-state index contributed by atoms with van der Waals surface area (Å²) >= 11 is 0. The molecule has 8 nitrogen and oxygen atoms in total. The molecule has 0 saturated carbocycles. The number of nitro groups is 1. The lowest BCUT2D eigenvalue weighted by atomic mass is 10.0. The average molecular weight is 405 g/mol. The van der Waals surface area contributed by atoms with Gasteiger partial charge < -0.3 is 10.1 Å². The topological polar surface area (TPSA) is 111 Å². The van der Waals surface area contributed by atoms with Gasteiger partial charge in [0.2, 0.25) is 0 Å². The van der Waals surface area contributed by atoms with E-state index in [0.29, 0.717) is 16.8 Å². The van der Waals surface area contributed by atoms with Crippen LogP contribution in [0.15, 0.2) is 42.5 Å². The second kappa shape index (κ2) is 7.90. The monoisotopic (exact) mass is 405 g/mol. The van der Waals surface area contributed by atoms with Gasteiger partial charge in [-0.1, -0.05) is 18.2 Å². The number of pyridine rings is 1. The third-order valence-electron chi connectivity index (χ3n) is 5.15. The molecule has 0 spiro atoms. The molecule has 0 atom stereocenters. The molecule has 1 aromatic heterocycles. The number of non-ortho nitro benzene ring substituents is 1. The molecular weight excluding hydrogens is 386 g/mol. The SMILES string of the molecule is Cc1cc([N+](=O)[O-])ccc1NC(=O)COC(=O)c1c2c(nc3ccccc13)CCC2. The Morgan fingerprint density at radius 1 is 1.20 bits per heavy atom. The van der Waals surface area contributed by atoms with E-state index in [1.165, 1.54) is 18.2 Å². The maximum absolute atomic E-state index is 12.9. The van der Waals surface area contributed by atoms with E-state index in [1.807, 2.05) is 24.3 Å². The van der Waals surface area contributed by atoms with E-state index in [9.17, 15) is 19.7 Å². The normalized spacial score (nSPS) is 12.4. The lowest BCUT2D eigenvalue weighted by Crippen LogP contribution is -2.22. The first-order valence-corrected chi connectivity index (χ1v) is 9.56. The van der Waals surface area contributed by atoms with Crippen LogP contribution in [-0.2, 0) is 22.4 Å². The Bertz CT molecular complexity index is 1190. The van der Waals surface area contributed by atoms with Crippen LogP contribution >= 0.6 is 0 Å². The van der Waals surface area contributed by atoms with Gasteiger partial charge in [0.25, 0.3) is 11.6 Å². The van der Waals surface area contributed by atoms with Crippen LogP contribution in [0.4, 0.5) is 11.4 Å². The average Bonchev–Trinajstić information content (AvgIpc) is 3.19. The van der Waals surface area contributed by atoms with Gasteiger partial charge in [0.1, 0.15) is 0 Å². The summed E-state index contributed by atoms with van der Waals surface area (Å²) in [6.45, 7) is 1.20. The summed E-state index contributed by atoms with van der Waals surface area (Å²) in [7, 11) is 0. The van der Waals surface area contributed by atoms with Crippen molar-refractivity contribution in [1.82, 2.24) is 4.98 Å². The fourth-order valence-corrected chi connectivity index (χ4v) is 3.74. The molecule has 1 heterocycles. The summed E-state index contributed by atoms with van der Waals surface area (Å²) in [6.07, 6.45) is 2.50. The molecule has 2 aromatic carbocycles. The lowest BCUT2D eigenvalue weighted by molar-refractivity contribution is -0.384. The Hall–Kier alpha value is -3.81. The van der Waals surface area contributed by atoms with E-state index in [0.717, 1.165) is 41.4 Å². The second-order valence-corrected chi connectivity index (χ2v) is 7.16. The van der Waals surface area contributed by atoms with Gasteiger partial charge in [-0.05, 0) is 49.4 Å². The number of para-hydroxylation sites is 1. The molecule has 3 aromatic rings. The van der Waals surface area contributed by atoms with Crippen molar-refractivity contribution in [3.63, 3.8) is 0 Å². The van der Waals surface area contributed by atoms with E-state index in [1.54, 1.807) is 6.92 Å². The first-order valence-electron chi connectivity index (χ1n) is 9.56. The third-order valence-corrected chi connectivity index (χ3v) is 5.15. The van der Waals surface area contributed by atoms with Crippen molar-refractivity contribution in [2.45, 2.75) is 26.2 Å². The minimum absolute atomic E-state index is 0.0599. The Kier molecular flexibility index (Phi) is 5.14. The highest BCUT2D eigenvalue weighted by Crippen LogP contribution is 2.30. The number of fused-ring (bicyclic) bond motifs is 2. The molecule has 0 aliphatic heterocycles. The highest BCUT2D eigenvalue weighted by molar-refractivity contribution is 6.06. The van der Waals surface area contributed by atoms with E-state index in [-0.39, 0.29) is 5.69 Å². The molecule has 0 fully saturated rings. The van der Waals surface area contributed by atoms with Crippen LogP contribution in [0.5, 0.6) is 0 Å². The molecule has 152 valence electrons. The van der Waals surface area contributed by atoms with Gasteiger partial charge in [0, 0.05) is 28.9 Å². The molecule has 0 saturated heterocycles. The Balaban J connectivity index is 1.49. The van der Waals surface area contributed by atoms with Crippen molar-refractivity contribution in [2.24, 2.45) is 0 Å². The molecule has 1 aliphatic rings. The van der Waals surface area contributed by atoms with Crippen molar-refractivity contribution in [1.29, 1.82) is 0 Å². The Morgan fingerprint density at radius 3 is 2.77 bits per heavy atom. The van der Waals surface area contributed by atoms with Gasteiger partial charge in [-0.3, -0.25) is 19.9 Å². The van der Waals surface area contributed by atoms with Gasteiger partial charge in [-0.15, -0.1) is 0 Å². The number of nitrogens with zero attached hydrogens (tertiary/aromatic N) is 2. The smallest absolute Gasteiger partial charge is 0.339 e. The predicted molar refractivity (Wildman–Crippen MR) is 111 cm³/mol. The van der Waals surface area contributed by atoms with E-state index in [4.69, 9.17) is 4.74 Å². The molecule has 8 heteroatoms. The zero-order valence-corrected chi connectivity index (χ0v) is 16.3. The van der Waals surface area contributed by atoms with Crippen LogP contribution < -0.4 is 5.32 Å². The zero-order valence-electron chi connectivity index (χ0n) is 16.3. The van der Waals surface area contributed by atoms with Crippen LogP contribution in [0.3, 0.4) is 0 Å². The van der Waals surface area contributed by atoms with Crippen LogP contribution in [-0.4, -0.2) is 28.4 Å². The van der Waals surface area contributed by atoms with Crippen LogP contribution in [0.1, 0.15) is 33.6 Å². The largest absolute Gasteiger partial charge is 0.452 e. The Labute approximate surface area is 172 Å². The maximum atomic E-state index is 12.9. The minimum atomic E-state index is -0.553. The van der Waals surface area contributed by atoms with Gasteiger partial charge in [-0.2, -0.15) is 0 Å². The van der Waals surface area contributed by atoms with Gasteiger partial charge >= 0.3 is 5.97 Å². The standard InChI is InChI=1S/C22H19N3O5/c1-13-11-14(25(28)29)9-10-17(13)24-20(26)12-30-22(27)21-15-5-2-3-7-18(15)23-19-8-4-6-16(19)21/h2-3,5,7,9-11H,4,6,8,12H2,1H3,(H,24,26). The first-order chi connectivity index (χ1) is 14.4. The van der Waals surface area contributed by atoms with Crippen LogP contribution in [0, 0.1) is 17.0 Å². The number of carbonyl (C=O) groups is 2. The predicted octanol–water partition coefficient (Wildman–Crippen LogP) is 3.74. The number of hydrogen-bond donors (Lipinski definition) is 1. The van der Waals surface area contributed by atoms with Gasteiger partial charge in [0.05, 0.1) is 16.0 Å². The van der Waals surface area contributed by atoms with Crippen molar-refractivity contribution in [2.75, 3.05) is 11.9 Å². The van der Waals surface area contributed by atoms with E-state index >= 15 is 0 Å². The second-order valence-electron chi connectivity index (χ2n) is 7.16. The van der Waals surface area contributed by atoms with Crippen LogP contribution in [0.25, 0.3) is 10.9 Å². The molecule has 0 bridgehead atoms. The fourth-order valence-electron chi connectivity index (χ4n) is 3.74. The summed E-state index contributed by atoms with van der Waals surface area (Å²) in [5.41, 5.74) is 3.93. The van der Waals surface area contributed by atoms with Crippen molar-refractivity contribution < 1.29 is 19.2 Å². The molecule has 0 radical (unpaired) electrons. The summed E-state index contributed by atoms with van der Waals surface area (Å²) in [5.74, 6) is -1.07. The number of nitro benzene ring substituents is 1. The van der Waals surface area contributed by atoms with Gasteiger partial charge in [-0.25, -0.2) is 4.79 Å². The molecule has 1 aliphatic carbocycles. The van der Waals surface area contributed by atoms with E-state index < -0.39 is 23.4 Å². The van der Waals surface area contributed by atoms with Crippen molar-refractivity contribution in [3.05, 3.63) is 75.0 Å². The summed E-state index contributed by atoms with van der Waals surface area (Å²) in [5, 5.41) is 14.2. The molecule has 0 unspecified atom stereocenters. The van der Waals surface area contributed by atoms with Crippen molar-refractivity contribution >= 4 is 34.2 Å². The lowest BCUT2D eigenvalue weighted by Gasteiger charge is -2.12. The number of esters is 1. The van der Waals surface area contributed by atoms with Crippen molar-refractivity contribution in [3.8, 4) is 0 Å². The highest BCUT2D eigenvalue weighted by Gasteiger charge is 2.25. The number of aromatic nitrogens is 1. The number of anilines is 1. The number of carbonyl (C=O) groups excluding carboxylic acids is 2. The molecule has 30 heavy (non-hydrogen) atoms. The molecule has 1 N–H and O–H groups in total. The fraction of sp³-hybridized carbons (Fsp3) is 0.227. The first kappa shape index (κ1) is 19.5. The number of rotatable bonds is 5. The third kappa shape index (κ3) is 3.71. The molecular formula is C22H19N3O5. The number of ether oxygens (including phenoxy) is 1. The number of benzene rings is 2. The number of amides is 1. The maximum Gasteiger partial charge on any atom is 0.339 e. The number of aryl methyl sites for hydroxylation is 2. The van der Waals surface area contributed by atoms with E-state index in [2.05, 4.69) is 10.3 Å². The van der Waals surface area contributed by atoms with Gasteiger partial charge in [0.15, 0.2) is 6.61 Å². The number of nitrogens with one attached hydrogen (secondary N) is 1. The minimum Gasteiger partial charge on any atom is -0.452 e. The summed E-state index contributed by atoms with van der Waals surface area (Å²) in [4.78, 5) is 40.1. The summed E-state index contributed by atoms with van der Waals surface area (Å²) < 4.78 is 5.31. The number of hydrogen-bond acceptors (Lipinski definition) is 6. The molecule has 1 amide bonds. The summed E-state index contributed by atoms with van der Waals surface area (Å²) in [6, 6.07) is 11.5. The quantitative estimate of drug-likeness (QED) is 0.393. The highest BCUT2D eigenvalue weighted by atomic mass is 16.6. The van der Waals surface area contributed by atoms with Crippen LogP contribution in [0.2, 0.25) is 0 Å². The molecule has 4 rings (SSSR count).